The zero-order valence-corrected chi connectivity index (χ0v) is 12.7. The summed E-state index contributed by atoms with van der Waals surface area (Å²) in [5.74, 6) is -0.110. The van der Waals surface area contributed by atoms with Gasteiger partial charge in [0.1, 0.15) is 0 Å². The average Bonchev–Trinajstić information content (AvgIpc) is 2.46. The van der Waals surface area contributed by atoms with Crippen molar-refractivity contribution >= 4 is 17.6 Å². The molecule has 0 aliphatic rings. The van der Waals surface area contributed by atoms with Crippen molar-refractivity contribution in [1.82, 2.24) is 0 Å². The van der Waals surface area contributed by atoms with Crippen molar-refractivity contribution < 1.29 is 14.3 Å². The smallest absolute Gasteiger partial charge is 0.340 e. The van der Waals surface area contributed by atoms with Gasteiger partial charge in [-0.3, -0.25) is 4.79 Å². The van der Waals surface area contributed by atoms with Gasteiger partial charge < -0.3 is 15.8 Å². The minimum absolute atomic E-state index is 0.101. The van der Waals surface area contributed by atoms with Crippen LogP contribution in [0.2, 0.25) is 0 Å². The largest absolute Gasteiger partial charge is 0.462 e. The first-order valence-electron chi connectivity index (χ1n) is 7.34. The van der Waals surface area contributed by atoms with Gasteiger partial charge in [-0.25, -0.2) is 4.79 Å². The van der Waals surface area contributed by atoms with E-state index in [0.717, 1.165) is 12.8 Å². The molecule has 1 unspecified atom stereocenters. The molecule has 1 atom stereocenters. The molecule has 0 spiro atoms. The van der Waals surface area contributed by atoms with E-state index in [9.17, 15) is 9.59 Å². The van der Waals surface area contributed by atoms with Crippen LogP contribution in [-0.2, 0) is 9.53 Å². The topological polar surface area (TPSA) is 81.4 Å². The Balaban J connectivity index is 2.61. The summed E-state index contributed by atoms with van der Waals surface area (Å²) in [4.78, 5) is 23.8. The summed E-state index contributed by atoms with van der Waals surface area (Å²) in [7, 11) is 0. The van der Waals surface area contributed by atoms with Crippen LogP contribution in [0.3, 0.4) is 0 Å². The van der Waals surface area contributed by atoms with Gasteiger partial charge in [-0.2, -0.15) is 0 Å². The maximum Gasteiger partial charge on any atom is 0.340 e. The van der Waals surface area contributed by atoms with E-state index in [2.05, 4.69) is 12.2 Å². The summed E-state index contributed by atoms with van der Waals surface area (Å²) in [6, 6.07) is 6.86. The molecule has 1 amide bonds. The first kappa shape index (κ1) is 17.2. The first-order chi connectivity index (χ1) is 10.1. The van der Waals surface area contributed by atoms with E-state index in [4.69, 9.17) is 10.5 Å². The normalized spacial score (nSPS) is 11.8. The Labute approximate surface area is 125 Å². The number of esters is 1. The van der Waals surface area contributed by atoms with Gasteiger partial charge in [-0.1, -0.05) is 19.1 Å². The number of rotatable bonds is 8. The van der Waals surface area contributed by atoms with E-state index in [1.807, 2.05) is 0 Å². The van der Waals surface area contributed by atoms with Crippen LogP contribution in [-0.4, -0.2) is 25.0 Å². The van der Waals surface area contributed by atoms with Crippen LogP contribution in [0.25, 0.3) is 0 Å². The summed E-state index contributed by atoms with van der Waals surface area (Å²) in [6.07, 6.45) is 2.11. The fourth-order valence-electron chi connectivity index (χ4n) is 2.00. The summed E-state index contributed by atoms with van der Waals surface area (Å²) in [6.45, 7) is 4.76. The predicted octanol–water partition coefficient (Wildman–Crippen LogP) is 2.57. The highest BCUT2D eigenvalue weighted by molar-refractivity contribution is 6.01. The molecule has 0 radical (unpaired) electrons. The molecule has 1 aromatic carbocycles. The Bertz CT molecular complexity index is 474. The Morgan fingerprint density at radius 3 is 2.67 bits per heavy atom. The Hall–Kier alpha value is -1.88. The van der Waals surface area contributed by atoms with Gasteiger partial charge in [-0.05, 0) is 44.4 Å². The molecule has 21 heavy (non-hydrogen) atoms. The molecule has 0 aliphatic heterocycles. The zero-order chi connectivity index (χ0) is 15.7. The molecule has 0 aromatic heterocycles. The molecule has 0 bridgehead atoms. The second kappa shape index (κ2) is 9.13. The van der Waals surface area contributed by atoms with Gasteiger partial charge in [0.2, 0.25) is 5.91 Å². The number of nitrogens with one attached hydrogen (secondary N) is 1. The number of nitrogens with two attached hydrogens (primary N) is 1. The number of hydrogen-bond acceptors (Lipinski definition) is 4. The fraction of sp³-hybridized carbons (Fsp3) is 0.500. The third kappa shape index (κ3) is 5.95. The van der Waals surface area contributed by atoms with Crippen LogP contribution in [0, 0.1) is 5.92 Å². The molecular formula is C16H24N2O3. The minimum atomic E-state index is -0.426. The highest BCUT2D eigenvalue weighted by atomic mass is 16.5. The highest BCUT2D eigenvalue weighted by Crippen LogP contribution is 2.17. The van der Waals surface area contributed by atoms with Gasteiger partial charge in [-0.15, -0.1) is 0 Å². The molecule has 5 nitrogen and oxygen atoms in total. The van der Waals surface area contributed by atoms with Crippen LogP contribution in [0.1, 0.15) is 43.5 Å². The third-order valence-electron chi connectivity index (χ3n) is 3.22. The molecule has 3 N–H and O–H groups in total. The van der Waals surface area contributed by atoms with E-state index >= 15 is 0 Å². The molecule has 0 heterocycles. The third-order valence-corrected chi connectivity index (χ3v) is 3.22. The Kier molecular flexibility index (Phi) is 7.46. The van der Waals surface area contributed by atoms with Crippen molar-refractivity contribution in [2.45, 2.75) is 33.1 Å². The Morgan fingerprint density at radius 1 is 1.29 bits per heavy atom. The maximum atomic E-state index is 12.0. The van der Waals surface area contributed by atoms with Crippen molar-refractivity contribution in [3.63, 3.8) is 0 Å². The van der Waals surface area contributed by atoms with Crippen molar-refractivity contribution in [1.29, 1.82) is 0 Å². The lowest BCUT2D eigenvalue weighted by Crippen LogP contribution is -2.17. The standard InChI is InChI=1S/C16H24N2O3/c1-3-21-16(20)13-6-4-5-7-14(13)18-15(19)9-8-12(2)10-11-17/h4-7,12H,3,8-11,17H2,1-2H3,(H,18,19). The second-order valence-corrected chi connectivity index (χ2v) is 5.04. The molecule has 116 valence electrons. The lowest BCUT2D eigenvalue weighted by atomic mass is 10.0. The van der Waals surface area contributed by atoms with Crippen molar-refractivity contribution in [2.75, 3.05) is 18.5 Å². The van der Waals surface area contributed by atoms with E-state index < -0.39 is 5.97 Å². The SMILES string of the molecule is CCOC(=O)c1ccccc1NC(=O)CCC(C)CCN. The summed E-state index contributed by atoms with van der Waals surface area (Å²) in [5, 5.41) is 2.78. The van der Waals surface area contributed by atoms with Crippen molar-refractivity contribution in [3.8, 4) is 0 Å². The number of carbonyl (C=O) groups excluding carboxylic acids is 2. The number of amides is 1. The summed E-state index contributed by atoms with van der Waals surface area (Å²) in [5.41, 5.74) is 6.36. The number of hydrogen-bond donors (Lipinski definition) is 2. The lowest BCUT2D eigenvalue weighted by molar-refractivity contribution is -0.116. The van der Waals surface area contributed by atoms with Crippen LogP contribution >= 0.6 is 0 Å². The number of carbonyl (C=O) groups is 2. The van der Waals surface area contributed by atoms with Gasteiger partial charge in [0, 0.05) is 6.42 Å². The van der Waals surface area contributed by atoms with E-state index in [1.165, 1.54) is 0 Å². The molecule has 1 rings (SSSR count). The first-order valence-corrected chi connectivity index (χ1v) is 7.34. The Morgan fingerprint density at radius 2 is 2.00 bits per heavy atom. The molecule has 0 saturated heterocycles. The number of benzene rings is 1. The second-order valence-electron chi connectivity index (χ2n) is 5.04. The fourth-order valence-corrected chi connectivity index (χ4v) is 2.00. The van der Waals surface area contributed by atoms with E-state index in [-0.39, 0.29) is 5.91 Å². The van der Waals surface area contributed by atoms with Crippen molar-refractivity contribution in [2.24, 2.45) is 11.7 Å². The lowest BCUT2D eigenvalue weighted by Gasteiger charge is -2.12. The number of ether oxygens (including phenoxy) is 1. The van der Waals surface area contributed by atoms with Crippen molar-refractivity contribution in [3.05, 3.63) is 29.8 Å². The number of anilines is 1. The maximum absolute atomic E-state index is 12.0. The summed E-state index contributed by atoms with van der Waals surface area (Å²) >= 11 is 0. The van der Waals surface area contributed by atoms with E-state index in [0.29, 0.717) is 36.7 Å². The average molecular weight is 292 g/mol. The van der Waals surface area contributed by atoms with Crippen LogP contribution in [0.4, 0.5) is 5.69 Å². The number of para-hydroxylation sites is 1. The quantitative estimate of drug-likeness (QED) is 0.721. The van der Waals surface area contributed by atoms with Gasteiger partial charge in [0.25, 0.3) is 0 Å². The highest BCUT2D eigenvalue weighted by Gasteiger charge is 2.14. The molecule has 0 saturated carbocycles. The van der Waals surface area contributed by atoms with Crippen LogP contribution in [0.15, 0.2) is 24.3 Å². The predicted molar refractivity (Wildman–Crippen MR) is 83.1 cm³/mol. The molecule has 1 aromatic rings. The van der Waals surface area contributed by atoms with Crippen LogP contribution in [0.5, 0.6) is 0 Å². The minimum Gasteiger partial charge on any atom is -0.462 e. The zero-order valence-electron chi connectivity index (χ0n) is 12.7. The summed E-state index contributed by atoms with van der Waals surface area (Å²) < 4.78 is 4.98. The molecule has 5 heteroatoms. The van der Waals surface area contributed by atoms with Gasteiger partial charge in [0.15, 0.2) is 0 Å². The van der Waals surface area contributed by atoms with Crippen LogP contribution < -0.4 is 11.1 Å². The molecular weight excluding hydrogens is 268 g/mol. The van der Waals surface area contributed by atoms with Gasteiger partial charge in [0.05, 0.1) is 17.9 Å². The van der Waals surface area contributed by atoms with Gasteiger partial charge >= 0.3 is 5.97 Å². The molecule has 0 aliphatic carbocycles. The van der Waals surface area contributed by atoms with E-state index in [1.54, 1.807) is 31.2 Å². The monoisotopic (exact) mass is 292 g/mol. The molecule has 0 fully saturated rings.